The average Bonchev–Trinajstić information content (AvgIpc) is 2.44. The van der Waals surface area contributed by atoms with Crippen molar-refractivity contribution in [3.63, 3.8) is 0 Å². The largest absolute Gasteiger partial charge is 0.314 e. The van der Waals surface area contributed by atoms with E-state index in [2.05, 4.69) is 46.9 Å². The molecule has 0 bridgehead atoms. The molecule has 0 aliphatic heterocycles. The van der Waals surface area contributed by atoms with Crippen molar-refractivity contribution in [2.75, 3.05) is 26.2 Å². The van der Waals surface area contributed by atoms with Crippen LogP contribution in [0.1, 0.15) is 39.2 Å². The number of rotatable bonds is 10. The molecule has 0 spiro atoms. The minimum atomic E-state index is -0.169. The van der Waals surface area contributed by atoms with Crippen molar-refractivity contribution in [1.82, 2.24) is 10.2 Å². The van der Waals surface area contributed by atoms with E-state index in [-0.39, 0.29) is 5.82 Å². The maximum atomic E-state index is 13.5. The van der Waals surface area contributed by atoms with Gasteiger partial charge in [0.15, 0.2) is 0 Å². The lowest BCUT2D eigenvalue weighted by Gasteiger charge is -2.24. The lowest BCUT2D eigenvalue weighted by atomic mass is 10.0. The van der Waals surface area contributed by atoms with Gasteiger partial charge in [-0.1, -0.05) is 36.7 Å². The summed E-state index contributed by atoms with van der Waals surface area (Å²) in [6.07, 6.45) is 3.09. The Bertz CT molecular complexity index is 388. The summed E-state index contributed by atoms with van der Waals surface area (Å²) in [7, 11) is 0. The van der Waals surface area contributed by atoms with E-state index in [1.807, 2.05) is 6.07 Å². The Labute approximate surface area is 137 Å². The average molecular weight is 359 g/mol. The van der Waals surface area contributed by atoms with Crippen LogP contribution in [0.2, 0.25) is 0 Å². The van der Waals surface area contributed by atoms with Gasteiger partial charge >= 0.3 is 0 Å². The molecule has 21 heavy (non-hydrogen) atoms. The van der Waals surface area contributed by atoms with E-state index in [1.165, 1.54) is 6.07 Å². The monoisotopic (exact) mass is 358 g/mol. The van der Waals surface area contributed by atoms with Gasteiger partial charge in [-0.2, -0.15) is 0 Å². The van der Waals surface area contributed by atoms with Crippen LogP contribution in [0, 0.1) is 5.82 Å². The lowest BCUT2D eigenvalue weighted by Crippen LogP contribution is -2.36. The number of benzene rings is 1. The summed E-state index contributed by atoms with van der Waals surface area (Å²) in [6, 6.07) is 5.57. The number of halogens is 2. The highest BCUT2D eigenvalue weighted by atomic mass is 79.9. The smallest absolute Gasteiger partial charge is 0.124 e. The molecule has 1 aromatic rings. The third-order valence-electron chi connectivity index (χ3n) is 3.78. The summed E-state index contributed by atoms with van der Waals surface area (Å²) in [5, 5.41) is 3.60. The third-order valence-corrected chi connectivity index (χ3v) is 4.23. The molecular weight excluding hydrogens is 331 g/mol. The summed E-state index contributed by atoms with van der Waals surface area (Å²) >= 11 is 3.37. The SMILES string of the molecule is CCCNC(CCN(CC)CC)Cc1cc(F)cc(Br)c1. The molecule has 1 aromatic carbocycles. The second kappa shape index (κ2) is 10.3. The second-order valence-corrected chi connectivity index (χ2v) is 6.36. The van der Waals surface area contributed by atoms with E-state index >= 15 is 0 Å². The van der Waals surface area contributed by atoms with Gasteiger partial charge in [0.2, 0.25) is 0 Å². The van der Waals surface area contributed by atoms with Gasteiger partial charge in [-0.25, -0.2) is 4.39 Å². The molecule has 1 unspecified atom stereocenters. The molecule has 2 nitrogen and oxygen atoms in total. The van der Waals surface area contributed by atoms with Crippen molar-refractivity contribution in [3.05, 3.63) is 34.1 Å². The van der Waals surface area contributed by atoms with Crippen LogP contribution in [0.15, 0.2) is 22.7 Å². The van der Waals surface area contributed by atoms with E-state index in [9.17, 15) is 4.39 Å². The van der Waals surface area contributed by atoms with Gasteiger partial charge in [0.25, 0.3) is 0 Å². The fraction of sp³-hybridized carbons (Fsp3) is 0.647. The quantitative estimate of drug-likeness (QED) is 0.673. The highest BCUT2D eigenvalue weighted by Gasteiger charge is 2.12. The summed E-state index contributed by atoms with van der Waals surface area (Å²) in [5.41, 5.74) is 1.05. The van der Waals surface area contributed by atoms with Crippen molar-refractivity contribution in [2.24, 2.45) is 0 Å². The molecule has 1 rings (SSSR count). The zero-order chi connectivity index (χ0) is 15.7. The van der Waals surface area contributed by atoms with Crippen LogP contribution in [-0.4, -0.2) is 37.1 Å². The van der Waals surface area contributed by atoms with E-state index in [0.29, 0.717) is 6.04 Å². The minimum Gasteiger partial charge on any atom is -0.314 e. The summed E-state index contributed by atoms with van der Waals surface area (Å²) in [4.78, 5) is 2.43. The molecule has 0 saturated carbocycles. The van der Waals surface area contributed by atoms with Gasteiger partial charge in [-0.05, 0) is 69.2 Å². The minimum absolute atomic E-state index is 0.169. The van der Waals surface area contributed by atoms with Crippen LogP contribution in [-0.2, 0) is 6.42 Å². The molecule has 120 valence electrons. The maximum absolute atomic E-state index is 13.5. The molecule has 0 amide bonds. The Hall–Kier alpha value is -0.450. The topological polar surface area (TPSA) is 15.3 Å². The first kappa shape index (κ1) is 18.6. The lowest BCUT2D eigenvalue weighted by molar-refractivity contribution is 0.280. The summed E-state index contributed by atoms with van der Waals surface area (Å²) in [5.74, 6) is -0.169. The first-order chi connectivity index (χ1) is 10.1. The number of hydrogen-bond acceptors (Lipinski definition) is 2. The van der Waals surface area contributed by atoms with Gasteiger partial charge in [0, 0.05) is 10.5 Å². The van der Waals surface area contributed by atoms with E-state index in [1.54, 1.807) is 6.07 Å². The molecule has 0 radical (unpaired) electrons. The summed E-state index contributed by atoms with van der Waals surface area (Å²) in [6.45, 7) is 10.8. The standard InChI is InChI=1S/C17H28BrFN2/c1-4-8-20-17(7-9-21(5-2)6-3)12-14-10-15(18)13-16(19)11-14/h10-11,13,17,20H,4-9,12H2,1-3H3. The number of nitrogens with one attached hydrogen (secondary N) is 1. The maximum Gasteiger partial charge on any atom is 0.124 e. The molecule has 4 heteroatoms. The van der Waals surface area contributed by atoms with E-state index in [4.69, 9.17) is 0 Å². The molecule has 0 aliphatic rings. The molecular formula is C17H28BrFN2. The molecule has 1 N–H and O–H groups in total. The van der Waals surface area contributed by atoms with Gasteiger partial charge in [-0.15, -0.1) is 0 Å². The Kier molecular flexibility index (Phi) is 9.13. The molecule has 0 aromatic heterocycles. The zero-order valence-electron chi connectivity index (χ0n) is 13.5. The molecule has 0 fully saturated rings. The van der Waals surface area contributed by atoms with Gasteiger partial charge in [0.1, 0.15) is 5.82 Å². The normalized spacial score (nSPS) is 12.9. The summed E-state index contributed by atoms with van der Waals surface area (Å²) < 4.78 is 14.3. The van der Waals surface area contributed by atoms with Crippen LogP contribution in [0.25, 0.3) is 0 Å². The first-order valence-corrected chi connectivity index (χ1v) is 8.79. The predicted molar refractivity (Wildman–Crippen MR) is 92.3 cm³/mol. The molecule has 1 atom stereocenters. The van der Waals surface area contributed by atoms with Crippen molar-refractivity contribution < 1.29 is 4.39 Å². The van der Waals surface area contributed by atoms with Crippen LogP contribution in [0.5, 0.6) is 0 Å². The zero-order valence-corrected chi connectivity index (χ0v) is 15.0. The predicted octanol–water partition coefficient (Wildman–Crippen LogP) is 4.23. The Morgan fingerprint density at radius 2 is 1.90 bits per heavy atom. The fourth-order valence-corrected chi connectivity index (χ4v) is 3.03. The number of hydrogen-bond donors (Lipinski definition) is 1. The highest BCUT2D eigenvalue weighted by Crippen LogP contribution is 2.17. The molecule has 0 aliphatic carbocycles. The van der Waals surface area contributed by atoms with Crippen molar-refractivity contribution in [1.29, 1.82) is 0 Å². The van der Waals surface area contributed by atoms with Crippen LogP contribution >= 0.6 is 15.9 Å². The van der Waals surface area contributed by atoms with E-state index in [0.717, 1.165) is 55.5 Å². The van der Waals surface area contributed by atoms with Crippen molar-refractivity contribution >= 4 is 15.9 Å². The van der Waals surface area contributed by atoms with Crippen LogP contribution in [0.3, 0.4) is 0 Å². The van der Waals surface area contributed by atoms with Crippen molar-refractivity contribution in [2.45, 2.75) is 46.1 Å². The van der Waals surface area contributed by atoms with E-state index < -0.39 is 0 Å². The molecule has 0 heterocycles. The third kappa shape index (κ3) is 7.39. The Balaban J connectivity index is 2.63. The van der Waals surface area contributed by atoms with Gasteiger partial charge in [0.05, 0.1) is 0 Å². The van der Waals surface area contributed by atoms with Crippen molar-refractivity contribution in [3.8, 4) is 0 Å². The Morgan fingerprint density at radius 1 is 1.19 bits per heavy atom. The number of nitrogens with zero attached hydrogens (tertiary/aromatic N) is 1. The van der Waals surface area contributed by atoms with Crippen LogP contribution < -0.4 is 5.32 Å². The second-order valence-electron chi connectivity index (χ2n) is 5.45. The fourth-order valence-electron chi connectivity index (χ4n) is 2.52. The van der Waals surface area contributed by atoms with Crippen LogP contribution in [0.4, 0.5) is 4.39 Å². The highest BCUT2D eigenvalue weighted by molar-refractivity contribution is 9.10. The van der Waals surface area contributed by atoms with Gasteiger partial charge in [-0.3, -0.25) is 0 Å². The van der Waals surface area contributed by atoms with Gasteiger partial charge < -0.3 is 10.2 Å². The first-order valence-electron chi connectivity index (χ1n) is 7.99. The molecule has 0 saturated heterocycles. The Morgan fingerprint density at radius 3 is 2.48 bits per heavy atom.